The summed E-state index contributed by atoms with van der Waals surface area (Å²) in [5.41, 5.74) is -0.863. The number of likely N-dealkylation sites (tertiary alicyclic amines) is 1. The Kier molecular flexibility index (Phi) is 7.24. The minimum absolute atomic E-state index is 0.0690. The number of rotatable bonds is 6. The fourth-order valence-corrected chi connectivity index (χ4v) is 5.66. The summed E-state index contributed by atoms with van der Waals surface area (Å²) in [5, 5.41) is 13.6. The Morgan fingerprint density at radius 2 is 1.92 bits per heavy atom. The molecule has 2 N–H and O–H groups in total. The molecule has 0 bridgehead atoms. The molecule has 1 aliphatic heterocycles. The number of carboxylic acids is 1. The summed E-state index contributed by atoms with van der Waals surface area (Å²) in [6.45, 7) is 8.36. The Morgan fingerprint density at radius 1 is 1.21 bits per heavy atom. The fraction of sp³-hybridized carbons (Fsp3) is 0.615. The quantitative estimate of drug-likeness (QED) is 0.562. The van der Waals surface area contributed by atoms with Gasteiger partial charge in [-0.05, 0) is 78.6 Å². The van der Waals surface area contributed by atoms with E-state index in [1.165, 1.54) is 18.5 Å². The number of hydrogen-bond acceptors (Lipinski definition) is 7. The van der Waals surface area contributed by atoms with Crippen molar-refractivity contribution in [1.29, 1.82) is 0 Å². The van der Waals surface area contributed by atoms with Crippen LogP contribution in [0.25, 0.3) is 10.9 Å². The topological polar surface area (TPSA) is 108 Å². The molecule has 4 atom stereocenters. The summed E-state index contributed by atoms with van der Waals surface area (Å²) in [5.74, 6) is -1.40. The predicted molar refractivity (Wildman–Crippen MR) is 135 cm³/mol. The van der Waals surface area contributed by atoms with Crippen molar-refractivity contribution in [2.45, 2.75) is 83.4 Å². The molecule has 2 aromatic rings. The van der Waals surface area contributed by atoms with Crippen LogP contribution in [-0.4, -0.2) is 80.4 Å². The molecule has 2 heterocycles. The number of fused-ring (bicyclic) bond motifs is 1. The number of aliphatic carboxylic acids is 1. The molecule has 9 nitrogen and oxygen atoms in total. The van der Waals surface area contributed by atoms with E-state index in [4.69, 9.17) is 0 Å². The number of nitrogens with zero attached hydrogens (tertiary/aromatic N) is 4. The van der Waals surface area contributed by atoms with Crippen molar-refractivity contribution in [3.63, 3.8) is 0 Å². The van der Waals surface area contributed by atoms with Gasteiger partial charge in [-0.15, -0.1) is 13.2 Å². The number of amides is 1. The van der Waals surface area contributed by atoms with Crippen LogP contribution in [0.5, 0.6) is 5.75 Å². The zero-order valence-corrected chi connectivity index (χ0v) is 22.2. The number of carbonyl (C=O) groups is 2. The third-order valence-electron chi connectivity index (χ3n) is 8.03. The van der Waals surface area contributed by atoms with Gasteiger partial charge >= 0.3 is 12.3 Å². The average Bonchev–Trinajstić information content (AvgIpc) is 3.16. The number of hydrogen-bond donors (Lipinski definition) is 2. The molecular formula is C26H34F3N5O4. The second kappa shape index (κ2) is 9.87. The van der Waals surface area contributed by atoms with Gasteiger partial charge in [-0.25, -0.2) is 9.97 Å². The lowest BCUT2D eigenvalue weighted by Crippen LogP contribution is -2.59. The van der Waals surface area contributed by atoms with Gasteiger partial charge in [0.2, 0.25) is 5.91 Å². The minimum Gasteiger partial charge on any atom is -0.481 e. The normalized spacial score (nSPS) is 26.7. The second-order valence-electron chi connectivity index (χ2n) is 11.4. The van der Waals surface area contributed by atoms with Gasteiger partial charge in [-0.3, -0.25) is 14.5 Å². The van der Waals surface area contributed by atoms with E-state index < -0.39 is 35.6 Å². The Morgan fingerprint density at radius 3 is 2.55 bits per heavy atom. The first-order valence-corrected chi connectivity index (χ1v) is 12.6. The standard InChI is InChI=1S/C26H34F3N5O4/c1-24(2,3)33(5)15-6-9-20(25(4,13-15)23(36)37)34-11-10-19(22(34)35)32-21-17-12-16(38-26(27,28)29)7-8-18(17)30-14-31-21/h7-8,12,14-15,19-20H,6,9-11,13H2,1-5H3,(H,36,37)(H,30,31,32)/t15-,19+,20+,25-/m1/s1. The SMILES string of the molecule is CN([C@@H]1CC[C@H](N2CC[C@H](Nc3ncnc4ccc(OC(F)(F)F)cc34)C2=O)[C@](C)(C(=O)O)C1)C(C)(C)C. The summed E-state index contributed by atoms with van der Waals surface area (Å²) in [4.78, 5) is 38.2. The Hall–Kier alpha value is -3.15. The third kappa shape index (κ3) is 5.50. The number of carbonyl (C=O) groups excluding carboxylic acids is 1. The number of halogens is 3. The Balaban J connectivity index is 1.54. The van der Waals surface area contributed by atoms with Crippen molar-refractivity contribution in [1.82, 2.24) is 19.8 Å². The maximum Gasteiger partial charge on any atom is 0.573 e. The molecule has 38 heavy (non-hydrogen) atoms. The van der Waals surface area contributed by atoms with Gasteiger partial charge in [0.15, 0.2) is 0 Å². The molecule has 12 heteroatoms. The lowest BCUT2D eigenvalue weighted by atomic mass is 9.68. The largest absolute Gasteiger partial charge is 0.573 e. The molecule has 1 saturated heterocycles. The van der Waals surface area contributed by atoms with Crippen molar-refractivity contribution in [3.05, 3.63) is 24.5 Å². The molecule has 1 aromatic carbocycles. The molecule has 1 amide bonds. The van der Waals surface area contributed by atoms with Crippen LogP contribution in [0.1, 0.15) is 53.4 Å². The van der Waals surface area contributed by atoms with E-state index in [1.54, 1.807) is 11.8 Å². The minimum atomic E-state index is -4.85. The van der Waals surface area contributed by atoms with Gasteiger partial charge in [0.25, 0.3) is 0 Å². The van der Waals surface area contributed by atoms with Gasteiger partial charge < -0.3 is 20.1 Å². The van der Waals surface area contributed by atoms with Crippen molar-refractivity contribution in [2.75, 3.05) is 18.9 Å². The van der Waals surface area contributed by atoms with Crippen LogP contribution in [-0.2, 0) is 9.59 Å². The molecule has 4 rings (SSSR count). The summed E-state index contributed by atoms with van der Waals surface area (Å²) in [6.07, 6.45) is -1.44. The highest BCUT2D eigenvalue weighted by Crippen LogP contribution is 2.43. The van der Waals surface area contributed by atoms with E-state index in [-0.39, 0.29) is 28.7 Å². The van der Waals surface area contributed by atoms with Crippen LogP contribution < -0.4 is 10.1 Å². The average molecular weight is 538 g/mol. The van der Waals surface area contributed by atoms with Crippen LogP contribution in [0, 0.1) is 5.41 Å². The van der Waals surface area contributed by atoms with Crippen LogP contribution >= 0.6 is 0 Å². The molecule has 0 radical (unpaired) electrons. The maximum atomic E-state index is 13.5. The van der Waals surface area contributed by atoms with Gasteiger partial charge in [0, 0.05) is 29.6 Å². The summed E-state index contributed by atoms with van der Waals surface area (Å²) < 4.78 is 42.2. The number of anilines is 1. The van der Waals surface area contributed by atoms with Crippen LogP contribution in [0.15, 0.2) is 24.5 Å². The van der Waals surface area contributed by atoms with Gasteiger partial charge in [-0.2, -0.15) is 0 Å². The van der Waals surface area contributed by atoms with Crippen molar-refractivity contribution < 1.29 is 32.6 Å². The van der Waals surface area contributed by atoms with E-state index in [0.29, 0.717) is 31.3 Å². The number of aromatic nitrogens is 2. The molecule has 1 saturated carbocycles. The molecule has 0 unspecified atom stereocenters. The summed E-state index contributed by atoms with van der Waals surface area (Å²) in [6, 6.07) is 2.62. The monoisotopic (exact) mass is 537 g/mol. The number of alkyl halides is 3. The van der Waals surface area contributed by atoms with Crippen LogP contribution in [0.3, 0.4) is 0 Å². The lowest BCUT2D eigenvalue weighted by molar-refractivity contribution is -0.274. The van der Waals surface area contributed by atoms with Gasteiger partial charge in [-0.1, -0.05) is 0 Å². The zero-order chi connectivity index (χ0) is 28.0. The highest BCUT2D eigenvalue weighted by atomic mass is 19.4. The van der Waals surface area contributed by atoms with Crippen molar-refractivity contribution >= 4 is 28.6 Å². The molecule has 1 aliphatic carbocycles. The van der Waals surface area contributed by atoms with E-state index in [1.807, 2.05) is 7.05 Å². The lowest BCUT2D eigenvalue weighted by Gasteiger charge is -2.50. The molecule has 208 valence electrons. The van der Waals surface area contributed by atoms with Crippen molar-refractivity contribution in [3.8, 4) is 5.75 Å². The summed E-state index contributed by atoms with van der Waals surface area (Å²) in [7, 11) is 2.01. The predicted octanol–water partition coefficient (Wildman–Crippen LogP) is 4.28. The number of benzene rings is 1. The Labute approximate surface area is 219 Å². The number of ether oxygens (including phenoxy) is 1. The van der Waals surface area contributed by atoms with E-state index in [0.717, 1.165) is 12.5 Å². The molecule has 2 fully saturated rings. The first kappa shape index (κ1) is 27.9. The molecular weight excluding hydrogens is 503 g/mol. The molecule has 2 aliphatic rings. The van der Waals surface area contributed by atoms with E-state index in [2.05, 4.69) is 45.7 Å². The van der Waals surface area contributed by atoms with Crippen LogP contribution in [0.2, 0.25) is 0 Å². The Bertz CT molecular complexity index is 1220. The maximum absolute atomic E-state index is 13.5. The first-order chi connectivity index (χ1) is 17.6. The third-order valence-corrected chi connectivity index (χ3v) is 8.03. The number of carboxylic acid groups (broad SMARTS) is 1. The fourth-order valence-electron chi connectivity index (χ4n) is 5.66. The van der Waals surface area contributed by atoms with Gasteiger partial charge in [0.05, 0.1) is 10.9 Å². The molecule has 0 spiro atoms. The van der Waals surface area contributed by atoms with Crippen LogP contribution in [0.4, 0.5) is 19.0 Å². The highest BCUT2D eigenvalue weighted by molar-refractivity contribution is 5.94. The molecule has 1 aromatic heterocycles. The van der Waals surface area contributed by atoms with Crippen molar-refractivity contribution in [2.24, 2.45) is 5.41 Å². The van der Waals surface area contributed by atoms with Gasteiger partial charge in [0.1, 0.15) is 23.9 Å². The smallest absolute Gasteiger partial charge is 0.481 e. The van der Waals surface area contributed by atoms with E-state index in [9.17, 15) is 27.9 Å². The summed E-state index contributed by atoms with van der Waals surface area (Å²) >= 11 is 0. The zero-order valence-electron chi connectivity index (χ0n) is 22.2. The second-order valence-corrected chi connectivity index (χ2v) is 11.4. The first-order valence-electron chi connectivity index (χ1n) is 12.6. The number of nitrogens with one attached hydrogen (secondary N) is 1. The van der Waals surface area contributed by atoms with E-state index >= 15 is 0 Å². The highest BCUT2D eigenvalue weighted by Gasteiger charge is 2.53.